The van der Waals surface area contributed by atoms with E-state index in [2.05, 4.69) is 18.6 Å². The molecule has 2 aliphatic rings. The molecule has 1 N–H and O–H groups in total. The Morgan fingerprint density at radius 1 is 1.30 bits per heavy atom. The van der Waals surface area contributed by atoms with Crippen molar-refractivity contribution in [1.82, 2.24) is 4.72 Å². The summed E-state index contributed by atoms with van der Waals surface area (Å²) in [6, 6.07) is 5.20. The van der Waals surface area contributed by atoms with E-state index in [1.807, 2.05) is 11.0 Å². The third kappa shape index (κ3) is 4.54. The molecule has 1 atom stereocenters. The Labute approximate surface area is 163 Å². The highest BCUT2D eigenvalue weighted by Crippen LogP contribution is 2.35. The lowest BCUT2D eigenvalue weighted by molar-refractivity contribution is -0.124. The van der Waals surface area contributed by atoms with E-state index in [0.29, 0.717) is 23.9 Å². The minimum atomic E-state index is -3.51. The first-order valence-electron chi connectivity index (χ1n) is 10.4. The van der Waals surface area contributed by atoms with Gasteiger partial charge in [0.25, 0.3) is 0 Å². The molecule has 0 bridgehead atoms. The van der Waals surface area contributed by atoms with Gasteiger partial charge in [-0.1, -0.05) is 39.5 Å². The summed E-state index contributed by atoms with van der Waals surface area (Å²) in [5.74, 6) is 0.746. The highest BCUT2D eigenvalue weighted by Gasteiger charge is 2.33. The molecule has 1 aliphatic carbocycles. The van der Waals surface area contributed by atoms with Crippen LogP contribution in [-0.4, -0.2) is 27.4 Å². The van der Waals surface area contributed by atoms with Crippen molar-refractivity contribution in [3.63, 3.8) is 0 Å². The van der Waals surface area contributed by atoms with Crippen molar-refractivity contribution in [2.75, 3.05) is 18.0 Å². The van der Waals surface area contributed by atoms with Gasteiger partial charge in [-0.2, -0.15) is 0 Å². The number of carbonyl (C=O) groups is 1. The Hall–Kier alpha value is -1.40. The van der Waals surface area contributed by atoms with Crippen LogP contribution in [0.5, 0.6) is 0 Å². The fraction of sp³-hybridized carbons (Fsp3) is 0.667. The third-order valence-corrected chi connectivity index (χ3v) is 7.50. The normalized spacial score (nSPS) is 18.2. The molecule has 1 fully saturated rings. The van der Waals surface area contributed by atoms with Gasteiger partial charge in [-0.25, -0.2) is 13.1 Å². The first-order chi connectivity index (χ1) is 13.0. The number of fused-ring (bicyclic) bond motifs is 1. The molecule has 6 heteroatoms. The van der Waals surface area contributed by atoms with Gasteiger partial charge in [-0.3, -0.25) is 4.79 Å². The molecule has 0 aromatic heterocycles. The molecule has 0 spiro atoms. The number of anilines is 1. The van der Waals surface area contributed by atoms with Crippen LogP contribution in [0, 0.1) is 11.8 Å². The molecule has 1 saturated carbocycles. The third-order valence-electron chi connectivity index (χ3n) is 6.08. The molecule has 0 radical (unpaired) electrons. The van der Waals surface area contributed by atoms with Gasteiger partial charge >= 0.3 is 0 Å². The number of unbranched alkanes of at least 4 members (excludes halogenated alkanes) is 1. The molecule has 1 amide bonds. The van der Waals surface area contributed by atoms with Gasteiger partial charge in [0.1, 0.15) is 0 Å². The van der Waals surface area contributed by atoms with Crippen LogP contribution in [0.2, 0.25) is 0 Å². The van der Waals surface area contributed by atoms with Crippen molar-refractivity contribution in [2.45, 2.75) is 70.1 Å². The van der Waals surface area contributed by atoms with Crippen molar-refractivity contribution >= 4 is 21.6 Å². The van der Waals surface area contributed by atoms with Gasteiger partial charge < -0.3 is 4.90 Å². The van der Waals surface area contributed by atoms with E-state index in [1.165, 1.54) is 0 Å². The molecule has 0 saturated heterocycles. The monoisotopic (exact) mass is 392 g/mol. The Bertz CT molecular complexity index is 772. The number of amides is 1. The second-order valence-electron chi connectivity index (χ2n) is 7.93. The summed E-state index contributed by atoms with van der Waals surface area (Å²) in [6.07, 6.45) is 8.12. The number of hydrogen-bond donors (Lipinski definition) is 1. The Kier molecular flexibility index (Phi) is 6.58. The van der Waals surface area contributed by atoms with E-state index in [9.17, 15) is 13.2 Å². The zero-order valence-corrected chi connectivity index (χ0v) is 17.4. The van der Waals surface area contributed by atoms with Gasteiger partial charge in [-0.15, -0.1) is 0 Å². The fourth-order valence-electron chi connectivity index (χ4n) is 3.90. The van der Waals surface area contributed by atoms with Gasteiger partial charge in [0, 0.05) is 24.7 Å². The van der Waals surface area contributed by atoms with E-state index >= 15 is 0 Å². The zero-order valence-electron chi connectivity index (χ0n) is 16.5. The first-order valence-corrected chi connectivity index (χ1v) is 11.9. The maximum atomic E-state index is 12.7. The van der Waals surface area contributed by atoms with Crippen LogP contribution in [0.4, 0.5) is 5.69 Å². The molecule has 1 aromatic carbocycles. The number of nitrogens with zero attached hydrogens (tertiary/aromatic N) is 1. The number of carbonyl (C=O) groups excluding carboxylic acids is 1. The summed E-state index contributed by atoms with van der Waals surface area (Å²) in [5.41, 5.74) is 1.85. The second-order valence-corrected chi connectivity index (χ2v) is 9.69. The molecule has 1 heterocycles. The molecular formula is C21H32N2O3S. The lowest BCUT2D eigenvalue weighted by Gasteiger charge is -2.29. The van der Waals surface area contributed by atoms with Crippen LogP contribution in [0.3, 0.4) is 0 Å². The van der Waals surface area contributed by atoms with Gasteiger partial charge in [-0.05, 0) is 55.4 Å². The van der Waals surface area contributed by atoms with E-state index < -0.39 is 10.0 Å². The molecule has 150 valence electrons. The van der Waals surface area contributed by atoms with E-state index in [4.69, 9.17) is 0 Å². The quantitative estimate of drug-likeness (QED) is 0.694. The average Bonchev–Trinajstić information content (AvgIpc) is 3.03. The van der Waals surface area contributed by atoms with Crippen LogP contribution < -0.4 is 9.62 Å². The summed E-state index contributed by atoms with van der Waals surface area (Å²) in [5, 5.41) is 0. The Balaban J connectivity index is 1.68. The highest BCUT2D eigenvalue weighted by atomic mass is 32.2. The Morgan fingerprint density at radius 3 is 2.70 bits per heavy atom. The SMILES string of the molecule is CCCC[C@H](CC)CNS(=O)(=O)c1ccc2c(c1)CCN2C(=O)C1CCC1. The lowest BCUT2D eigenvalue weighted by Crippen LogP contribution is -2.37. The summed E-state index contributed by atoms with van der Waals surface area (Å²) in [4.78, 5) is 14.7. The second kappa shape index (κ2) is 8.74. The van der Waals surface area contributed by atoms with Crippen molar-refractivity contribution in [1.29, 1.82) is 0 Å². The lowest BCUT2D eigenvalue weighted by atomic mass is 9.84. The summed E-state index contributed by atoms with van der Waals surface area (Å²) in [6.45, 7) is 5.41. The molecule has 0 unspecified atom stereocenters. The average molecular weight is 393 g/mol. The van der Waals surface area contributed by atoms with Gasteiger partial charge in [0.15, 0.2) is 0 Å². The minimum Gasteiger partial charge on any atom is -0.312 e. The number of benzene rings is 1. The maximum Gasteiger partial charge on any atom is 0.240 e. The van der Waals surface area contributed by atoms with Crippen LogP contribution in [0.15, 0.2) is 23.1 Å². The van der Waals surface area contributed by atoms with Crippen molar-refractivity contribution in [2.24, 2.45) is 11.8 Å². The number of hydrogen-bond acceptors (Lipinski definition) is 3. The highest BCUT2D eigenvalue weighted by molar-refractivity contribution is 7.89. The molecular weight excluding hydrogens is 360 g/mol. The maximum absolute atomic E-state index is 12.7. The van der Waals surface area contributed by atoms with E-state index in [0.717, 1.165) is 62.6 Å². The van der Waals surface area contributed by atoms with Gasteiger partial charge in [0.2, 0.25) is 15.9 Å². The van der Waals surface area contributed by atoms with Gasteiger partial charge in [0.05, 0.1) is 4.90 Å². The topological polar surface area (TPSA) is 66.5 Å². The summed E-state index contributed by atoms with van der Waals surface area (Å²) < 4.78 is 28.2. The first kappa shape index (κ1) is 20.3. The minimum absolute atomic E-state index is 0.162. The predicted molar refractivity (Wildman–Crippen MR) is 108 cm³/mol. The largest absolute Gasteiger partial charge is 0.312 e. The van der Waals surface area contributed by atoms with Crippen LogP contribution in [0.25, 0.3) is 0 Å². The number of nitrogens with one attached hydrogen (secondary N) is 1. The predicted octanol–water partition coefficient (Wildman–Crippen LogP) is 3.87. The van der Waals surface area contributed by atoms with Crippen LogP contribution in [0.1, 0.15) is 64.4 Å². The van der Waals surface area contributed by atoms with Crippen molar-refractivity contribution in [3.05, 3.63) is 23.8 Å². The molecule has 1 aromatic rings. The molecule has 5 nitrogen and oxygen atoms in total. The van der Waals surface area contributed by atoms with Crippen LogP contribution in [-0.2, 0) is 21.2 Å². The van der Waals surface area contributed by atoms with E-state index in [1.54, 1.807) is 12.1 Å². The molecule has 27 heavy (non-hydrogen) atoms. The van der Waals surface area contributed by atoms with E-state index in [-0.39, 0.29) is 11.8 Å². The number of rotatable bonds is 9. The van der Waals surface area contributed by atoms with Crippen molar-refractivity contribution < 1.29 is 13.2 Å². The Morgan fingerprint density at radius 2 is 2.07 bits per heavy atom. The summed E-state index contributed by atoms with van der Waals surface area (Å²) in [7, 11) is -3.51. The zero-order chi connectivity index (χ0) is 19.4. The van der Waals surface area contributed by atoms with Crippen LogP contribution >= 0.6 is 0 Å². The molecule has 1 aliphatic heterocycles. The number of sulfonamides is 1. The standard InChI is InChI=1S/C21H32N2O3S/c1-3-5-7-16(4-2)15-22-27(25,26)19-10-11-20-18(14-19)12-13-23(20)21(24)17-8-6-9-17/h10-11,14,16-17,22H,3-9,12-13,15H2,1-2H3/t16-/m0/s1. The molecule has 3 rings (SSSR count). The fourth-order valence-corrected chi connectivity index (χ4v) is 5.07. The summed E-state index contributed by atoms with van der Waals surface area (Å²) >= 11 is 0. The smallest absolute Gasteiger partial charge is 0.240 e. The van der Waals surface area contributed by atoms with Crippen molar-refractivity contribution in [3.8, 4) is 0 Å².